The highest BCUT2D eigenvalue weighted by Crippen LogP contribution is 2.21. The van der Waals surface area contributed by atoms with Gasteiger partial charge in [0.15, 0.2) is 0 Å². The quantitative estimate of drug-likeness (QED) is 0.805. The van der Waals surface area contributed by atoms with Crippen molar-refractivity contribution in [3.8, 4) is 0 Å². The predicted octanol–water partition coefficient (Wildman–Crippen LogP) is 1.88. The van der Waals surface area contributed by atoms with Crippen LogP contribution in [0.5, 0.6) is 0 Å². The van der Waals surface area contributed by atoms with Gasteiger partial charge in [0.05, 0.1) is 6.10 Å². The summed E-state index contributed by atoms with van der Waals surface area (Å²) in [6.45, 7) is 0.963. The Morgan fingerprint density at radius 1 is 1.47 bits per heavy atom. The standard InChI is InChI=1S/C11H15F2NO/c1-11(12,13)6-8-3-2-4-9(5-8)10(15)7-14/h2-5,10,15H,6-7,14H2,1H3. The van der Waals surface area contributed by atoms with E-state index in [9.17, 15) is 13.9 Å². The number of hydrogen-bond acceptors (Lipinski definition) is 2. The second kappa shape index (κ2) is 4.68. The second-order valence-corrected chi connectivity index (χ2v) is 3.74. The number of nitrogens with two attached hydrogens (primary N) is 1. The van der Waals surface area contributed by atoms with Gasteiger partial charge >= 0.3 is 0 Å². The van der Waals surface area contributed by atoms with Crippen molar-refractivity contribution in [1.82, 2.24) is 0 Å². The first-order valence-electron chi connectivity index (χ1n) is 4.77. The van der Waals surface area contributed by atoms with Crippen LogP contribution in [0, 0.1) is 0 Å². The molecule has 1 unspecified atom stereocenters. The van der Waals surface area contributed by atoms with Crippen LogP contribution in [0.3, 0.4) is 0 Å². The molecule has 0 aliphatic heterocycles. The Labute approximate surface area is 87.7 Å². The number of aliphatic hydroxyl groups excluding tert-OH is 1. The summed E-state index contributed by atoms with van der Waals surface area (Å²) >= 11 is 0. The molecule has 0 saturated heterocycles. The summed E-state index contributed by atoms with van der Waals surface area (Å²) < 4.78 is 25.5. The lowest BCUT2D eigenvalue weighted by atomic mass is 10.0. The molecule has 84 valence electrons. The molecule has 0 saturated carbocycles. The third-order valence-electron chi connectivity index (χ3n) is 2.07. The molecule has 1 aromatic rings. The topological polar surface area (TPSA) is 46.2 Å². The summed E-state index contributed by atoms with van der Waals surface area (Å²) in [5.41, 5.74) is 6.37. The molecule has 1 aromatic carbocycles. The van der Waals surface area contributed by atoms with Gasteiger partial charge in [0, 0.05) is 13.0 Å². The number of alkyl halides is 2. The zero-order chi connectivity index (χ0) is 11.5. The van der Waals surface area contributed by atoms with Crippen LogP contribution >= 0.6 is 0 Å². The summed E-state index contributed by atoms with van der Waals surface area (Å²) in [7, 11) is 0. The Bertz CT molecular complexity index is 323. The average molecular weight is 215 g/mol. The van der Waals surface area contributed by atoms with Gasteiger partial charge in [-0.15, -0.1) is 0 Å². The molecule has 0 heterocycles. The number of halogens is 2. The normalized spacial score (nSPS) is 13.9. The molecule has 15 heavy (non-hydrogen) atoms. The van der Waals surface area contributed by atoms with Crippen LogP contribution in [-0.4, -0.2) is 17.6 Å². The van der Waals surface area contributed by atoms with Crippen molar-refractivity contribution >= 4 is 0 Å². The highest BCUT2D eigenvalue weighted by molar-refractivity contribution is 5.26. The molecule has 0 fully saturated rings. The van der Waals surface area contributed by atoms with Crippen LogP contribution in [0.4, 0.5) is 8.78 Å². The minimum atomic E-state index is -2.73. The molecular weight excluding hydrogens is 200 g/mol. The van der Waals surface area contributed by atoms with Crippen LogP contribution in [-0.2, 0) is 6.42 Å². The number of benzene rings is 1. The average Bonchev–Trinajstić information content (AvgIpc) is 2.14. The van der Waals surface area contributed by atoms with Crippen molar-refractivity contribution in [2.45, 2.75) is 25.4 Å². The van der Waals surface area contributed by atoms with Crippen LogP contribution in [0.1, 0.15) is 24.2 Å². The molecule has 0 spiro atoms. The van der Waals surface area contributed by atoms with Gasteiger partial charge in [-0.25, -0.2) is 8.78 Å². The Hall–Kier alpha value is -1.00. The minimum Gasteiger partial charge on any atom is -0.387 e. The van der Waals surface area contributed by atoms with Crippen LogP contribution < -0.4 is 5.73 Å². The third kappa shape index (κ3) is 3.93. The monoisotopic (exact) mass is 215 g/mol. The van der Waals surface area contributed by atoms with Crippen LogP contribution in [0.2, 0.25) is 0 Å². The Balaban J connectivity index is 2.83. The molecule has 0 aliphatic rings. The maximum absolute atomic E-state index is 12.7. The lowest BCUT2D eigenvalue weighted by Crippen LogP contribution is -2.15. The first-order chi connectivity index (χ1) is 6.92. The van der Waals surface area contributed by atoms with Crippen LogP contribution in [0.25, 0.3) is 0 Å². The summed E-state index contributed by atoms with van der Waals surface area (Å²) in [5, 5.41) is 9.44. The molecule has 0 bridgehead atoms. The van der Waals surface area contributed by atoms with Gasteiger partial charge in [-0.05, 0) is 18.1 Å². The number of hydrogen-bond donors (Lipinski definition) is 2. The fourth-order valence-electron chi connectivity index (χ4n) is 1.40. The zero-order valence-corrected chi connectivity index (χ0v) is 8.58. The van der Waals surface area contributed by atoms with E-state index in [4.69, 9.17) is 5.73 Å². The van der Waals surface area contributed by atoms with E-state index in [2.05, 4.69) is 0 Å². The maximum atomic E-state index is 12.7. The summed E-state index contributed by atoms with van der Waals surface area (Å²) in [4.78, 5) is 0. The van der Waals surface area contributed by atoms with E-state index in [-0.39, 0.29) is 13.0 Å². The van der Waals surface area contributed by atoms with E-state index in [1.807, 2.05) is 0 Å². The molecule has 2 nitrogen and oxygen atoms in total. The highest BCUT2D eigenvalue weighted by atomic mass is 19.3. The molecular formula is C11H15F2NO. The van der Waals surface area contributed by atoms with Gasteiger partial charge in [0.25, 0.3) is 0 Å². The van der Waals surface area contributed by atoms with Gasteiger partial charge < -0.3 is 10.8 Å². The molecule has 4 heteroatoms. The summed E-state index contributed by atoms with van der Waals surface area (Å²) in [6, 6.07) is 6.50. The van der Waals surface area contributed by atoms with Gasteiger partial charge in [-0.2, -0.15) is 0 Å². The van der Waals surface area contributed by atoms with E-state index < -0.39 is 12.0 Å². The lowest BCUT2D eigenvalue weighted by Gasteiger charge is -2.13. The van der Waals surface area contributed by atoms with Crippen LogP contribution in [0.15, 0.2) is 24.3 Å². The van der Waals surface area contributed by atoms with Gasteiger partial charge in [0.2, 0.25) is 5.92 Å². The minimum absolute atomic E-state index is 0.0893. The molecule has 0 aromatic heterocycles. The molecule has 0 aliphatic carbocycles. The van der Waals surface area contributed by atoms with Gasteiger partial charge in [-0.3, -0.25) is 0 Å². The van der Waals surface area contributed by atoms with E-state index in [1.54, 1.807) is 24.3 Å². The molecule has 1 atom stereocenters. The largest absolute Gasteiger partial charge is 0.387 e. The first-order valence-corrected chi connectivity index (χ1v) is 4.77. The van der Waals surface area contributed by atoms with Crippen molar-refractivity contribution in [3.05, 3.63) is 35.4 Å². The Morgan fingerprint density at radius 2 is 2.13 bits per heavy atom. The van der Waals surface area contributed by atoms with Crippen molar-refractivity contribution < 1.29 is 13.9 Å². The molecule has 0 radical (unpaired) electrons. The van der Waals surface area contributed by atoms with Crippen molar-refractivity contribution in [2.75, 3.05) is 6.54 Å². The SMILES string of the molecule is CC(F)(F)Cc1cccc(C(O)CN)c1. The number of rotatable bonds is 4. The van der Waals surface area contributed by atoms with E-state index in [0.29, 0.717) is 11.1 Å². The fraction of sp³-hybridized carbons (Fsp3) is 0.455. The third-order valence-corrected chi connectivity index (χ3v) is 2.07. The Kier molecular flexibility index (Phi) is 3.77. The fourth-order valence-corrected chi connectivity index (χ4v) is 1.40. The zero-order valence-electron chi connectivity index (χ0n) is 8.58. The van der Waals surface area contributed by atoms with E-state index in [1.165, 1.54) is 0 Å². The molecule has 3 N–H and O–H groups in total. The summed E-state index contributed by atoms with van der Waals surface area (Å²) in [5.74, 6) is -2.73. The Morgan fingerprint density at radius 3 is 2.67 bits per heavy atom. The number of aliphatic hydroxyl groups is 1. The lowest BCUT2D eigenvalue weighted by molar-refractivity contribution is 0.0225. The van der Waals surface area contributed by atoms with Gasteiger partial charge in [-0.1, -0.05) is 24.3 Å². The summed E-state index contributed by atoms with van der Waals surface area (Å²) in [6.07, 6.45) is -1.10. The predicted molar refractivity (Wildman–Crippen MR) is 54.8 cm³/mol. The smallest absolute Gasteiger partial charge is 0.249 e. The second-order valence-electron chi connectivity index (χ2n) is 3.74. The van der Waals surface area contributed by atoms with Gasteiger partial charge in [0.1, 0.15) is 0 Å². The maximum Gasteiger partial charge on any atom is 0.249 e. The van der Waals surface area contributed by atoms with E-state index >= 15 is 0 Å². The molecule has 0 amide bonds. The molecule has 1 rings (SSSR count). The van der Waals surface area contributed by atoms with E-state index in [0.717, 1.165) is 6.92 Å². The van der Waals surface area contributed by atoms with Crippen molar-refractivity contribution in [2.24, 2.45) is 5.73 Å². The first kappa shape index (κ1) is 12.1. The van der Waals surface area contributed by atoms with Crippen molar-refractivity contribution in [3.63, 3.8) is 0 Å². The van der Waals surface area contributed by atoms with Crippen molar-refractivity contribution in [1.29, 1.82) is 0 Å². The highest BCUT2D eigenvalue weighted by Gasteiger charge is 2.21.